The van der Waals surface area contributed by atoms with Gasteiger partial charge in [-0.2, -0.15) is 0 Å². The standard InChI is InChI=1S/C28H21NO7/c30-19-6-2-15(3-7-19)1-4-16-9-22(33)14-25-26(16)27(18-10-20(31)13-21(32)11-18)28(36-25)17-5-8-24(34)23(12-17)29-35/h1-14,27-28,30-34H/b4-1+. The van der Waals surface area contributed by atoms with Gasteiger partial charge in [0.2, 0.25) is 0 Å². The number of aromatic hydroxyl groups is 5. The topological polar surface area (TPSA) is 140 Å². The van der Waals surface area contributed by atoms with Crippen LogP contribution in [0.3, 0.4) is 0 Å². The van der Waals surface area contributed by atoms with Gasteiger partial charge in [-0.25, -0.2) is 0 Å². The molecule has 2 unspecified atom stereocenters. The Balaban J connectivity index is 1.68. The van der Waals surface area contributed by atoms with Gasteiger partial charge in [0, 0.05) is 17.7 Å². The molecule has 180 valence electrons. The van der Waals surface area contributed by atoms with Crippen molar-refractivity contribution < 1.29 is 30.3 Å². The SMILES string of the molecule is O=Nc1cc(C2Oc3cc(O)cc(/C=C/c4ccc(O)cc4)c3C2c2cc(O)cc(O)c2)ccc1O. The summed E-state index contributed by atoms with van der Waals surface area (Å²) in [6, 6.07) is 18.3. The summed E-state index contributed by atoms with van der Waals surface area (Å²) < 4.78 is 6.25. The molecule has 5 rings (SSSR count). The number of hydrogen-bond donors (Lipinski definition) is 5. The fourth-order valence-corrected chi connectivity index (χ4v) is 4.52. The van der Waals surface area contributed by atoms with Crippen LogP contribution >= 0.6 is 0 Å². The Morgan fingerprint density at radius 2 is 1.39 bits per heavy atom. The van der Waals surface area contributed by atoms with E-state index in [-0.39, 0.29) is 34.4 Å². The lowest BCUT2D eigenvalue weighted by Crippen LogP contribution is -2.12. The van der Waals surface area contributed by atoms with Crippen molar-refractivity contribution in [2.24, 2.45) is 5.18 Å². The van der Waals surface area contributed by atoms with Crippen molar-refractivity contribution in [2.75, 3.05) is 0 Å². The molecule has 1 heterocycles. The summed E-state index contributed by atoms with van der Waals surface area (Å²) in [5, 5.41) is 53.2. The van der Waals surface area contributed by atoms with Crippen LogP contribution in [0.15, 0.2) is 78.0 Å². The zero-order valence-electron chi connectivity index (χ0n) is 18.7. The van der Waals surface area contributed by atoms with E-state index >= 15 is 0 Å². The highest BCUT2D eigenvalue weighted by Crippen LogP contribution is 2.53. The maximum atomic E-state index is 11.2. The second-order valence-electron chi connectivity index (χ2n) is 8.51. The largest absolute Gasteiger partial charge is 0.508 e. The zero-order chi connectivity index (χ0) is 25.4. The van der Waals surface area contributed by atoms with Gasteiger partial charge in [-0.1, -0.05) is 30.4 Å². The van der Waals surface area contributed by atoms with Crippen LogP contribution in [0.25, 0.3) is 12.2 Å². The number of rotatable bonds is 5. The Labute approximate surface area is 205 Å². The second kappa shape index (κ2) is 8.99. The third-order valence-corrected chi connectivity index (χ3v) is 6.09. The van der Waals surface area contributed by atoms with Crippen molar-refractivity contribution >= 4 is 17.8 Å². The van der Waals surface area contributed by atoms with E-state index in [1.807, 2.05) is 6.08 Å². The van der Waals surface area contributed by atoms with Gasteiger partial charge in [0.1, 0.15) is 46.3 Å². The summed E-state index contributed by atoms with van der Waals surface area (Å²) in [6.45, 7) is 0. The predicted octanol–water partition coefficient (Wildman–Crippen LogP) is 6.05. The van der Waals surface area contributed by atoms with Gasteiger partial charge in [-0.3, -0.25) is 0 Å². The van der Waals surface area contributed by atoms with E-state index in [0.717, 1.165) is 5.56 Å². The number of ether oxygens (including phenoxy) is 1. The van der Waals surface area contributed by atoms with Crippen LogP contribution in [0.1, 0.15) is 39.8 Å². The van der Waals surface area contributed by atoms with Gasteiger partial charge in [0.25, 0.3) is 0 Å². The van der Waals surface area contributed by atoms with E-state index in [2.05, 4.69) is 5.18 Å². The lowest BCUT2D eigenvalue weighted by Gasteiger charge is -2.21. The smallest absolute Gasteiger partial charge is 0.150 e. The maximum absolute atomic E-state index is 11.2. The minimum atomic E-state index is -0.732. The predicted molar refractivity (Wildman–Crippen MR) is 134 cm³/mol. The average molecular weight is 483 g/mol. The van der Waals surface area contributed by atoms with Gasteiger partial charge in [0.15, 0.2) is 0 Å². The summed E-state index contributed by atoms with van der Waals surface area (Å²) in [4.78, 5) is 11.2. The lowest BCUT2D eigenvalue weighted by atomic mass is 9.82. The Kier molecular flexibility index (Phi) is 5.69. The first-order valence-corrected chi connectivity index (χ1v) is 11.0. The van der Waals surface area contributed by atoms with Crippen LogP contribution in [0.4, 0.5) is 5.69 Å². The molecule has 0 amide bonds. The van der Waals surface area contributed by atoms with E-state index in [1.54, 1.807) is 42.5 Å². The summed E-state index contributed by atoms with van der Waals surface area (Å²) >= 11 is 0. The highest BCUT2D eigenvalue weighted by atomic mass is 16.5. The molecule has 0 spiro atoms. The molecule has 0 bridgehead atoms. The minimum absolute atomic E-state index is 0.0294. The van der Waals surface area contributed by atoms with Crippen LogP contribution in [-0.2, 0) is 0 Å². The first kappa shape index (κ1) is 22.8. The fraction of sp³-hybridized carbons (Fsp3) is 0.0714. The molecule has 8 heteroatoms. The van der Waals surface area contributed by atoms with Crippen molar-refractivity contribution in [3.05, 3.63) is 106 Å². The molecule has 0 fully saturated rings. The molecule has 36 heavy (non-hydrogen) atoms. The number of nitrogens with zero attached hydrogens (tertiary/aromatic N) is 1. The zero-order valence-corrected chi connectivity index (χ0v) is 18.7. The van der Waals surface area contributed by atoms with Gasteiger partial charge >= 0.3 is 0 Å². The summed E-state index contributed by atoms with van der Waals surface area (Å²) in [5.74, 6) is -0.627. The summed E-state index contributed by atoms with van der Waals surface area (Å²) in [6.07, 6.45) is 2.87. The monoisotopic (exact) mass is 483 g/mol. The molecule has 8 nitrogen and oxygen atoms in total. The van der Waals surface area contributed by atoms with E-state index in [0.29, 0.717) is 28.0 Å². The third-order valence-electron chi connectivity index (χ3n) is 6.09. The first-order chi connectivity index (χ1) is 17.3. The highest BCUT2D eigenvalue weighted by Gasteiger charge is 2.39. The van der Waals surface area contributed by atoms with Crippen molar-refractivity contribution in [3.8, 4) is 34.5 Å². The second-order valence-corrected chi connectivity index (χ2v) is 8.51. The molecule has 5 N–H and O–H groups in total. The molecule has 0 radical (unpaired) electrons. The number of phenolic OH excluding ortho intramolecular Hbond substituents is 5. The number of hydrogen-bond acceptors (Lipinski definition) is 8. The molecule has 4 aromatic rings. The van der Waals surface area contributed by atoms with Crippen LogP contribution in [0.2, 0.25) is 0 Å². The Morgan fingerprint density at radius 1 is 0.694 bits per heavy atom. The van der Waals surface area contributed by atoms with Crippen LogP contribution in [0, 0.1) is 4.91 Å². The lowest BCUT2D eigenvalue weighted by molar-refractivity contribution is 0.221. The Hall–Kier alpha value is -4.98. The summed E-state index contributed by atoms with van der Waals surface area (Å²) in [7, 11) is 0. The van der Waals surface area contributed by atoms with Crippen molar-refractivity contribution in [2.45, 2.75) is 12.0 Å². The maximum Gasteiger partial charge on any atom is 0.150 e. The van der Waals surface area contributed by atoms with Crippen molar-refractivity contribution in [1.82, 2.24) is 0 Å². The number of phenols is 5. The third kappa shape index (κ3) is 4.27. The van der Waals surface area contributed by atoms with Gasteiger partial charge < -0.3 is 30.3 Å². The molecular formula is C28H21NO7. The van der Waals surface area contributed by atoms with Crippen LogP contribution in [0.5, 0.6) is 34.5 Å². The van der Waals surface area contributed by atoms with Crippen LogP contribution < -0.4 is 4.74 Å². The van der Waals surface area contributed by atoms with E-state index in [4.69, 9.17) is 4.74 Å². The van der Waals surface area contributed by atoms with E-state index in [9.17, 15) is 30.4 Å². The van der Waals surface area contributed by atoms with E-state index < -0.39 is 12.0 Å². The van der Waals surface area contributed by atoms with Crippen molar-refractivity contribution in [1.29, 1.82) is 0 Å². The van der Waals surface area contributed by atoms with Crippen LogP contribution in [-0.4, -0.2) is 25.5 Å². The van der Waals surface area contributed by atoms with Crippen molar-refractivity contribution in [3.63, 3.8) is 0 Å². The number of nitroso groups, excluding NO2 is 1. The van der Waals surface area contributed by atoms with Gasteiger partial charge in [0.05, 0.1) is 5.92 Å². The first-order valence-electron chi connectivity index (χ1n) is 11.0. The Morgan fingerprint density at radius 3 is 2.08 bits per heavy atom. The molecule has 2 atom stereocenters. The number of benzene rings is 4. The fourth-order valence-electron chi connectivity index (χ4n) is 4.52. The molecule has 0 aliphatic carbocycles. The molecule has 1 aliphatic rings. The molecule has 0 saturated heterocycles. The quantitative estimate of drug-likeness (QED) is 0.172. The molecule has 1 aliphatic heterocycles. The van der Waals surface area contributed by atoms with Gasteiger partial charge in [-0.05, 0) is 69.9 Å². The summed E-state index contributed by atoms with van der Waals surface area (Å²) in [5.41, 5.74) is 3.04. The minimum Gasteiger partial charge on any atom is -0.508 e. The molecule has 4 aromatic carbocycles. The molecular weight excluding hydrogens is 462 g/mol. The average Bonchev–Trinajstić information content (AvgIpc) is 3.22. The molecule has 0 aromatic heterocycles. The Bertz CT molecular complexity index is 1470. The normalized spacial score (nSPS) is 16.6. The molecule has 0 saturated carbocycles. The van der Waals surface area contributed by atoms with Gasteiger partial charge in [-0.15, -0.1) is 4.91 Å². The number of fused-ring (bicyclic) bond motifs is 1. The van der Waals surface area contributed by atoms with E-state index in [1.165, 1.54) is 36.4 Å². The highest BCUT2D eigenvalue weighted by molar-refractivity contribution is 5.75.